The Labute approximate surface area is 236 Å². The number of hydrogen-bond acceptors (Lipinski definition) is 4. The number of benzene rings is 3. The standard InChI is InChI=1S/C28H25BrClF2N5O2/c29-19-3-5-20(6-4-19)34-26(39)18-2-8-22-24(14-18)37-27(35-22)36-23-13-16(1-7-21(23)30)15-33-25(38)17-9-11-28(31,32)12-10-17/h1-8,13-14,17H,9-12,15H2,(H,33,38)(H,34,39)(H2,35,36,37). The van der Waals surface area contributed by atoms with Crippen molar-refractivity contribution in [3.63, 3.8) is 0 Å². The van der Waals surface area contributed by atoms with Gasteiger partial charge in [0, 0.05) is 41.0 Å². The first kappa shape index (κ1) is 27.1. The van der Waals surface area contributed by atoms with Crippen LogP contribution in [0, 0.1) is 5.92 Å². The zero-order valence-electron chi connectivity index (χ0n) is 20.7. The summed E-state index contributed by atoms with van der Waals surface area (Å²) in [5.41, 5.74) is 3.85. The minimum absolute atomic E-state index is 0.186. The van der Waals surface area contributed by atoms with Crippen molar-refractivity contribution in [2.24, 2.45) is 5.92 Å². The van der Waals surface area contributed by atoms with Gasteiger partial charge in [-0.05, 0) is 73.0 Å². The van der Waals surface area contributed by atoms with Crippen LogP contribution in [-0.2, 0) is 11.3 Å². The van der Waals surface area contributed by atoms with Crippen molar-refractivity contribution in [1.29, 1.82) is 0 Å². The minimum atomic E-state index is -2.67. The van der Waals surface area contributed by atoms with E-state index in [0.29, 0.717) is 38.9 Å². The lowest BCUT2D eigenvalue weighted by Crippen LogP contribution is -2.35. The van der Waals surface area contributed by atoms with E-state index in [1.807, 2.05) is 12.1 Å². The van der Waals surface area contributed by atoms with E-state index in [2.05, 4.69) is 41.8 Å². The van der Waals surface area contributed by atoms with Gasteiger partial charge in [-0.3, -0.25) is 9.59 Å². The Morgan fingerprint density at radius 3 is 2.54 bits per heavy atom. The van der Waals surface area contributed by atoms with Gasteiger partial charge in [-0.15, -0.1) is 0 Å². The molecule has 1 aromatic heterocycles. The first-order chi connectivity index (χ1) is 18.6. The number of carbonyl (C=O) groups excluding carboxylic acids is 2. The molecule has 0 bridgehead atoms. The summed E-state index contributed by atoms with van der Waals surface area (Å²) in [5, 5.41) is 9.32. The second kappa shape index (κ2) is 11.3. The van der Waals surface area contributed by atoms with Gasteiger partial charge in [0.2, 0.25) is 17.8 Å². The number of rotatable bonds is 7. The van der Waals surface area contributed by atoms with Crippen molar-refractivity contribution in [3.8, 4) is 0 Å². The zero-order valence-corrected chi connectivity index (χ0v) is 23.0. The maximum absolute atomic E-state index is 13.4. The summed E-state index contributed by atoms with van der Waals surface area (Å²) < 4.78 is 27.7. The number of H-pyrrole nitrogens is 1. The van der Waals surface area contributed by atoms with Crippen LogP contribution < -0.4 is 16.0 Å². The van der Waals surface area contributed by atoms with Crippen LogP contribution in [0.5, 0.6) is 0 Å². The molecule has 39 heavy (non-hydrogen) atoms. The van der Waals surface area contributed by atoms with E-state index in [-0.39, 0.29) is 44.0 Å². The summed E-state index contributed by atoms with van der Waals surface area (Å²) in [6.07, 6.45) is -0.137. The topological polar surface area (TPSA) is 98.9 Å². The van der Waals surface area contributed by atoms with Crippen molar-refractivity contribution in [2.75, 3.05) is 10.6 Å². The predicted molar refractivity (Wildman–Crippen MR) is 152 cm³/mol. The summed E-state index contributed by atoms with van der Waals surface area (Å²) in [7, 11) is 0. The number of nitrogens with one attached hydrogen (secondary N) is 4. The normalized spacial score (nSPS) is 15.2. The summed E-state index contributed by atoms with van der Waals surface area (Å²) in [5.74, 6) is -3.10. The van der Waals surface area contributed by atoms with Gasteiger partial charge in [0.25, 0.3) is 5.91 Å². The molecule has 5 rings (SSSR count). The molecule has 0 atom stereocenters. The van der Waals surface area contributed by atoms with Crippen molar-refractivity contribution in [3.05, 3.63) is 81.3 Å². The molecular formula is C28H25BrClF2N5O2. The van der Waals surface area contributed by atoms with Crippen molar-refractivity contribution >= 4 is 67.7 Å². The first-order valence-corrected chi connectivity index (χ1v) is 13.6. The minimum Gasteiger partial charge on any atom is -0.352 e. The summed E-state index contributed by atoms with van der Waals surface area (Å²) in [6.45, 7) is 0.245. The fraction of sp³-hybridized carbons (Fsp3) is 0.250. The molecule has 3 aromatic carbocycles. The van der Waals surface area contributed by atoms with Crippen molar-refractivity contribution < 1.29 is 18.4 Å². The number of alkyl halides is 2. The van der Waals surface area contributed by atoms with Gasteiger partial charge in [0.1, 0.15) is 0 Å². The number of aromatic amines is 1. The van der Waals surface area contributed by atoms with Gasteiger partial charge in [-0.25, -0.2) is 13.8 Å². The maximum Gasteiger partial charge on any atom is 0.255 e. The van der Waals surface area contributed by atoms with Gasteiger partial charge >= 0.3 is 0 Å². The largest absolute Gasteiger partial charge is 0.352 e. The zero-order chi connectivity index (χ0) is 27.6. The summed E-state index contributed by atoms with van der Waals surface area (Å²) >= 11 is 9.77. The van der Waals surface area contributed by atoms with Gasteiger partial charge in [-0.2, -0.15) is 0 Å². The molecule has 1 aliphatic rings. The molecule has 1 saturated carbocycles. The summed E-state index contributed by atoms with van der Waals surface area (Å²) in [6, 6.07) is 17.8. The van der Waals surface area contributed by atoms with Crippen LogP contribution in [0.15, 0.2) is 65.1 Å². The fourth-order valence-electron chi connectivity index (χ4n) is 4.49. The highest BCUT2D eigenvalue weighted by molar-refractivity contribution is 9.10. The average Bonchev–Trinajstić information content (AvgIpc) is 3.32. The van der Waals surface area contributed by atoms with Crippen LogP contribution in [0.2, 0.25) is 5.02 Å². The van der Waals surface area contributed by atoms with Gasteiger partial charge in [-0.1, -0.05) is 33.6 Å². The van der Waals surface area contributed by atoms with Crippen LogP contribution in [0.3, 0.4) is 0 Å². The van der Waals surface area contributed by atoms with Gasteiger partial charge in [0.15, 0.2) is 0 Å². The van der Waals surface area contributed by atoms with Gasteiger partial charge in [0.05, 0.1) is 21.7 Å². The van der Waals surface area contributed by atoms with Crippen LogP contribution >= 0.6 is 27.5 Å². The van der Waals surface area contributed by atoms with E-state index in [1.165, 1.54) is 0 Å². The van der Waals surface area contributed by atoms with E-state index in [1.54, 1.807) is 48.5 Å². The lowest BCUT2D eigenvalue weighted by atomic mass is 9.86. The number of nitrogens with zero attached hydrogens (tertiary/aromatic N) is 1. The first-order valence-electron chi connectivity index (χ1n) is 12.4. The highest BCUT2D eigenvalue weighted by Gasteiger charge is 2.37. The Morgan fingerprint density at radius 2 is 1.79 bits per heavy atom. The number of aromatic nitrogens is 2. The molecule has 4 aromatic rings. The quantitative estimate of drug-likeness (QED) is 0.174. The molecule has 7 nitrogen and oxygen atoms in total. The number of imidazole rings is 1. The number of halogens is 4. The molecule has 202 valence electrons. The van der Waals surface area contributed by atoms with Gasteiger partial charge < -0.3 is 20.9 Å². The highest BCUT2D eigenvalue weighted by atomic mass is 79.9. The molecule has 0 saturated heterocycles. The third-order valence-electron chi connectivity index (χ3n) is 6.68. The number of fused-ring (bicyclic) bond motifs is 1. The van der Waals surface area contributed by atoms with Crippen LogP contribution in [0.1, 0.15) is 41.6 Å². The van der Waals surface area contributed by atoms with E-state index < -0.39 is 11.8 Å². The second-order valence-electron chi connectivity index (χ2n) is 9.57. The molecule has 0 unspecified atom stereocenters. The number of carbonyl (C=O) groups is 2. The molecule has 1 heterocycles. The van der Waals surface area contributed by atoms with E-state index in [9.17, 15) is 18.4 Å². The Kier molecular flexibility index (Phi) is 7.86. The Bertz CT molecular complexity index is 1520. The molecule has 2 amide bonds. The molecule has 0 spiro atoms. The monoisotopic (exact) mass is 615 g/mol. The van der Waals surface area contributed by atoms with Crippen LogP contribution in [0.25, 0.3) is 11.0 Å². The number of hydrogen-bond donors (Lipinski definition) is 4. The molecule has 4 N–H and O–H groups in total. The molecule has 11 heteroatoms. The van der Waals surface area contributed by atoms with E-state index >= 15 is 0 Å². The molecule has 1 fully saturated rings. The van der Waals surface area contributed by atoms with Crippen LogP contribution in [0.4, 0.5) is 26.1 Å². The SMILES string of the molecule is O=C(Nc1ccc(Br)cc1)c1ccc2nc(Nc3cc(CNC(=O)C4CCC(F)(F)CC4)ccc3Cl)[nH]c2c1. The second-order valence-corrected chi connectivity index (χ2v) is 10.9. The smallest absolute Gasteiger partial charge is 0.255 e. The predicted octanol–water partition coefficient (Wildman–Crippen LogP) is 7.42. The average molecular weight is 617 g/mol. The number of anilines is 3. The van der Waals surface area contributed by atoms with Crippen LogP contribution in [-0.4, -0.2) is 27.7 Å². The lowest BCUT2D eigenvalue weighted by Gasteiger charge is -2.27. The van der Waals surface area contributed by atoms with Crippen molar-refractivity contribution in [1.82, 2.24) is 15.3 Å². The Morgan fingerprint density at radius 1 is 1.05 bits per heavy atom. The lowest BCUT2D eigenvalue weighted by molar-refractivity contribution is -0.129. The summed E-state index contributed by atoms with van der Waals surface area (Å²) in [4.78, 5) is 32.9. The fourth-order valence-corrected chi connectivity index (χ4v) is 4.92. The van der Waals surface area contributed by atoms with Crippen molar-refractivity contribution in [2.45, 2.75) is 38.2 Å². The molecule has 0 aliphatic heterocycles. The Hall–Kier alpha value is -3.50. The van der Waals surface area contributed by atoms with E-state index in [0.717, 1.165) is 10.0 Å². The molecular weight excluding hydrogens is 592 g/mol. The third-order valence-corrected chi connectivity index (χ3v) is 7.54. The molecule has 1 aliphatic carbocycles. The highest BCUT2D eigenvalue weighted by Crippen LogP contribution is 2.36. The molecule has 0 radical (unpaired) electrons. The number of amides is 2. The Balaban J connectivity index is 1.23. The maximum atomic E-state index is 13.4. The third kappa shape index (κ3) is 6.75. The van der Waals surface area contributed by atoms with E-state index in [4.69, 9.17) is 11.6 Å².